The molecule has 34 heavy (non-hydrogen) atoms. The number of aromatic nitrogens is 1. The first kappa shape index (κ1) is 23.4. The van der Waals surface area contributed by atoms with Gasteiger partial charge in [-0.25, -0.2) is 9.37 Å². The van der Waals surface area contributed by atoms with E-state index < -0.39 is 5.60 Å². The van der Waals surface area contributed by atoms with Crippen molar-refractivity contribution in [2.75, 3.05) is 31.6 Å². The molecule has 2 N–H and O–H groups in total. The highest BCUT2D eigenvalue weighted by Gasteiger charge is 2.46. The molecular formula is C27H32FN3O2S. The Balaban J connectivity index is 1.14. The van der Waals surface area contributed by atoms with Crippen LogP contribution in [0.3, 0.4) is 0 Å². The third-order valence-electron chi connectivity index (χ3n) is 6.94. The van der Waals surface area contributed by atoms with Gasteiger partial charge in [0.2, 0.25) is 0 Å². The van der Waals surface area contributed by atoms with Gasteiger partial charge < -0.3 is 15.2 Å². The van der Waals surface area contributed by atoms with Crippen LogP contribution in [0.5, 0.6) is 0 Å². The Morgan fingerprint density at radius 2 is 2.00 bits per heavy atom. The summed E-state index contributed by atoms with van der Waals surface area (Å²) in [5, 5.41) is 14.3. The van der Waals surface area contributed by atoms with E-state index in [1.165, 1.54) is 49.8 Å². The number of likely N-dealkylation sites (tertiary alicyclic amines) is 1. The number of pyridine rings is 1. The molecular weight excluding hydrogens is 449 g/mol. The minimum atomic E-state index is -1.07. The van der Waals surface area contributed by atoms with Crippen molar-refractivity contribution >= 4 is 22.2 Å². The average molecular weight is 482 g/mol. The Hall–Kier alpha value is -2.32. The van der Waals surface area contributed by atoms with Crippen LogP contribution in [0.25, 0.3) is 10.4 Å². The molecule has 2 aliphatic rings. The van der Waals surface area contributed by atoms with Gasteiger partial charge in [-0.15, -0.1) is 11.3 Å². The maximum absolute atomic E-state index is 14.7. The number of anilines is 2. The normalized spacial score (nSPS) is 17.4. The molecule has 0 bridgehead atoms. The summed E-state index contributed by atoms with van der Waals surface area (Å²) in [6, 6.07) is 14.6. The highest BCUT2D eigenvalue weighted by Crippen LogP contribution is 2.47. The molecule has 1 aliphatic carbocycles. The Morgan fingerprint density at radius 1 is 1.18 bits per heavy atom. The summed E-state index contributed by atoms with van der Waals surface area (Å²) in [5.74, 6) is 0.397. The van der Waals surface area contributed by atoms with E-state index in [2.05, 4.69) is 15.2 Å². The lowest BCUT2D eigenvalue weighted by Crippen LogP contribution is -2.60. The highest BCUT2D eigenvalue weighted by molar-refractivity contribution is 7.19. The van der Waals surface area contributed by atoms with Crippen molar-refractivity contribution in [1.29, 1.82) is 0 Å². The molecule has 0 amide bonds. The second-order valence-corrected chi connectivity index (χ2v) is 11.3. The number of ether oxygens (including phenoxy) is 1. The smallest absolute Gasteiger partial charge is 0.132 e. The van der Waals surface area contributed by atoms with Crippen molar-refractivity contribution in [3.05, 3.63) is 65.6 Å². The third kappa shape index (κ3) is 5.18. The van der Waals surface area contributed by atoms with Crippen LogP contribution in [-0.2, 0) is 16.9 Å². The fourth-order valence-electron chi connectivity index (χ4n) is 4.82. The molecule has 180 valence electrons. The number of hydrogen-bond donors (Lipinski definition) is 2. The zero-order chi connectivity index (χ0) is 23.8. The minimum Gasteiger partial charge on any atom is -0.386 e. The predicted octanol–water partition coefficient (Wildman–Crippen LogP) is 5.92. The van der Waals surface area contributed by atoms with Crippen LogP contribution in [0.1, 0.15) is 44.4 Å². The molecule has 1 aliphatic heterocycles. The lowest BCUT2D eigenvalue weighted by molar-refractivity contribution is -0.0707. The van der Waals surface area contributed by atoms with E-state index in [1.807, 2.05) is 30.3 Å². The molecule has 0 radical (unpaired) electrons. The number of benzene rings is 1. The molecule has 2 aromatic heterocycles. The van der Waals surface area contributed by atoms with E-state index in [-0.39, 0.29) is 5.82 Å². The van der Waals surface area contributed by atoms with E-state index in [9.17, 15) is 9.50 Å². The van der Waals surface area contributed by atoms with Crippen molar-refractivity contribution in [3.8, 4) is 10.4 Å². The van der Waals surface area contributed by atoms with Crippen LogP contribution in [0.15, 0.2) is 48.5 Å². The fourth-order valence-corrected chi connectivity index (χ4v) is 5.77. The van der Waals surface area contributed by atoms with Crippen LogP contribution in [0, 0.1) is 11.2 Å². The van der Waals surface area contributed by atoms with Crippen molar-refractivity contribution in [2.45, 2.75) is 45.3 Å². The summed E-state index contributed by atoms with van der Waals surface area (Å²) >= 11 is 1.46. The monoisotopic (exact) mass is 481 g/mol. The zero-order valence-electron chi connectivity index (χ0n) is 19.8. The molecule has 1 saturated carbocycles. The quantitative estimate of drug-likeness (QED) is 0.372. The number of hydrogen-bond acceptors (Lipinski definition) is 6. The van der Waals surface area contributed by atoms with E-state index >= 15 is 0 Å². The van der Waals surface area contributed by atoms with Gasteiger partial charge in [0.25, 0.3) is 0 Å². The third-order valence-corrected chi connectivity index (χ3v) is 7.97. The van der Waals surface area contributed by atoms with Crippen molar-refractivity contribution in [1.82, 2.24) is 9.88 Å². The number of nitrogens with one attached hydrogen (secondary N) is 1. The van der Waals surface area contributed by atoms with Gasteiger partial charge in [0.1, 0.15) is 11.6 Å². The topological polar surface area (TPSA) is 57.6 Å². The number of rotatable bonds is 9. The molecule has 3 heterocycles. The summed E-state index contributed by atoms with van der Waals surface area (Å²) < 4.78 is 20.6. The molecule has 5 rings (SSSR count). The molecule has 2 fully saturated rings. The summed E-state index contributed by atoms with van der Waals surface area (Å²) in [7, 11) is 0. The zero-order valence-corrected chi connectivity index (χ0v) is 20.6. The second-order valence-electron chi connectivity index (χ2n) is 10.2. The van der Waals surface area contributed by atoms with Gasteiger partial charge in [-0.3, -0.25) is 4.90 Å². The minimum absolute atomic E-state index is 0.341. The van der Waals surface area contributed by atoms with Crippen molar-refractivity contribution < 1.29 is 14.2 Å². The number of aliphatic hydroxyl groups is 1. The summed E-state index contributed by atoms with van der Waals surface area (Å²) in [5.41, 5.74) is 1.55. The molecule has 1 spiro atoms. The van der Waals surface area contributed by atoms with E-state index in [0.717, 1.165) is 34.5 Å². The van der Waals surface area contributed by atoms with Gasteiger partial charge in [0.15, 0.2) is 0 Å². The number of halogens is 1. The molecule has 0 unspecified atom stereocenters. The molecule has 1 saturated heterocycles. The molecule has 1 aromatic carbocycles. The summed E-state index contributed by atoms with van der Waals surface area (Å²) in [6.07, 6.45) is 4.21. The molecule has 5 nitrogen and oxygen atoms in total. The van der Waals surface area contributed by atoms with E-state index in [1.54, 1.807) is 26.0 Å². The van der Waals surface area contributed by atoms with Gasteiger partial charge >= 0.3 is 0 Å². The Kier molecular flexibility index (Phi) is 6.46. The first-order valence-electron chi connectivity index (χ1n) is 12.0. The highest BCUT2D eigenvalue weighted by atomic mass is 32.1. The van der Waals surface area contributed by atoms with Crippen LogP contribution in [0.4, 0.5) is 15.2 Å². The maximum atomic E-state index is 14.7. The largest absolute Gasteiger partial charge is 0.386 e. The van der Waals surface area contributed by atoms with Crippen LogP contribution in [0.2, 0.25) is 0 Å². The second kappa shape index (κ2) is 9.38. The Labute approximate surface area is 204 Å². The number of thiophene rings is 1. The Bertz CT molecular complexity index is 1140. The first-order chi connectivity index (χ1) is 16.3. The van der Waals surface area contributed by atoms with Gasteiger partial charge in [-0.05, 0) is 68.0 Å². The molecule has 7 heteroatoms. The van der Waals surface area contributed by atoms with E-state index in [0.29, 0.717) is 23.1 Å². The van der Waals surface area contributed by atoms with Gasteiger partial charge in [-0.1, -0.05) is 24.6 Å². The molecule has 3 aromatic rings. The average Bonchev–Trinajstić information content (AvgIpc) is 3.18. The van der Waals surface area contributed by atoms with Crippen molar-refractivity contribution in [2.24, 2.45) is 5.41 Å². The van der Waals surface area contributed by atoms with Crippen LogP contribution >= 0.6 is 11.3 Å². The Morgan fingerprint density at radius 3 is 2.71 bits per heavy atom. The lowest BCUT2D eigenvalue weighted by atomic mass is 9.63. The SMILES string of the molecule is CC(C)(O)c1ccc(-c2ccc(Nc3cccc(COCCN4CC5(CCC5)C4)n3)s2)c(F)c1. The number of nitrogens with zero attached hydrogens (tertiary/aromatic N) is 2. The summed E-state index contributed by atoms with van der Waals surface area (Å²) in [6.45, 7) is 7.98. The summed E-state index contributed by atoms with van der Waals surface area (Å²) in [4.78, 5) is 7.96. The standard InChI is InChI=1S/C27H32FN3O2S/c1-26(2,32)19-7-8-21(22(28)15-19)23-9-10-25(34-23)30-24-6-3-5-20(29-24)16-33-14-13-31-17-27(18-31)11-4-12-27/h3,5-10,15,32H,4,11-14,16-18H2,1-2H3,(H,29,30). The van der Waals surface area contributed by atoms with Crippen LogP contribution < -0.4 is 5.32 Å². The fraction of sp³-hybridized carbons (Fsp3) is 0.444. The van der Waals surface area contributed by atoms with Gasteiger partial charge in [0, 0.05) is 30.1 Å². The predicted molar refractivity (Wildman–Crippen MR) is 135 cm³/mol. The molecule has 0 atom stereocenters. The first-order valence-corrected chi connectivity index (χ1v) is 12.8. The van der Waals surface area contributed by atoms with Crippen LogP contribution in [-0.4, -0.2) is 41.2 Å². The van der Waals surface area contributed by atoms with Gasteiger partial charge in [-0.2, -0.15) is 0 Å². The maximum Gasteiger partial charge on any atom is 0.132 e. The van der Waals surface area contributed by atoms with Crippen molar-refractivity contribution in [3.63, 3.8) is 0 Å². The van der Waals surface area contributed by atoms with E-state index in [4.69, 9.17) is 4.74 Å². The van der Waals surface area contributed by atoms with Gasteiger partial charge in [0.05, 0.1) is 29.5 Å². The lowest BCUT2D eigenvalue weighted by Gasteiger charge is -2.56.